The molecule has 0 spiro atoms. The van der Waals surface area contributed by atoms with Crippen LogP contribution in [0.25, 0.3) is 5.65 Å². The lowest BCUT2D eigenvalue weighted by Crippen LogP contribution is -2.41. The van der Waals surface area contributed by atoms with Gasteiger partial charge in [0.05, 0.1) is 12.4 Å². The lowest BCUT2D eigenvalue weighted by Gasteiger charge is -2.12. The van der Waals surface area contributed by atoms with Crippen LogP contribution in [0.4, 0.5) is 0 Å². The van der Waals surface area contributed by atoms with Gasteiger partial charge in [0.1, 0.15) is 11.1 Å². The third kappa shape index (κ3) is 3.16. The van der Waals surface area contributed by atoms with Gasteiger partial charge in [0.25, 0.3) is 0 Å². The predicted octanol–water partition coefficient (Wildman–Crippen LogP) is -0.799. The molecule has 0 bridgehead atoms. The fourth-order valence-corrected chi connectivity index (χ4v) is 2.29. The van der Waals surface area contributed by atoms with Gasteiger partial charge in [-0.15, -0.1) is 16.9 Å². The Morgan fingerprint density at radius 3 is 3.00 bits per heavy atom. The quantitative estimate of drug-likeness (QED) is 0.683. The van der Waals surface area contributed by atoms with E-state index in [9.17, 15) is 9.59 Å². The zero-order valence-electron chi connectivity index (χ0n) is 9.85. The van der Waals surface area contributed by atoms with Gasteiger partial charge in [0.15, 0.2) is 5.65 Å². The second-order valence-electron chi connectivity index (χ2n) is 3.60. The maximum Gasteiger partial charge on any atom is 0.327 e. The van der Waals surface area contributed by atoms with Gasteiger partial charge in [-0.1, -0.05) is 0 Å². The maximum atomic E-state index is 11.0. The number of hydrogen-bond donors (Lipinski definition) is 2. The number of carboxylic acids is 1. The Morgan fingerprint density at radius 1 is 1.53 bits per heavy atom. The molecule has 0 saturated heterocycles. The molecule has 0 aliphatic heterocycles. The molecule has 0 fully saturated rings. The van der Waals surface area contributed by atoms with Crippen LogP contribution in [0.2, 0.25) is 0 Å². The van der Waals surface area contributed by atoms with Gasteiger partial charge >= 0.3 is 5.97 Å². The van der Waals surface area contributed by atoms with E-state index in [1.807, 2.05) is 0 Å². The summed E-state index contributed by atoms with van der Waals surface area (Å²) in [5, 5.41) is 22.9. The predicted molar refractivity (Wildman–Crippen MR) is 64.5 cm³/mol. The van der Waals surface area contributed by atoms with Crippen LogP contribution in [0.1, 0.15) is 6.92 Å². The topological polar surface area (TPSA) is 122 Å². The first kappa shape index (κ1) is 13.2. The maximum absolute atomic E-state index is 11.0. The average Bonchev–Trinajstić information content (AvgIpc) is 2.82. The largest absolute Gasteiger partial charge is 0.480 e. The summed E-state index contributed by atoms with van der Waals surface area (Å²) in [6, 6.07) is -0.978. The third-order valence-corrected chi connectivity index (χ3v) is 3.22. The molecule has 100 valence electrons. The van der Waals surface area contributed by atoms with E-state index in [-0.39, 0.29) is 5.75 Å². The lowest BCUT2D eigenvalue weighted by atomic mass is 10.3. The third-order valence-electron chi connectivity index (χ3n) is 2.15. The number of carbonyl (C=O) groups is 2. The summed E-state index contributed by atoms with van der Waals surface area (Å²) < 4.78 is 1.45. The second-order valence-corrected chi connectivity index (χ2v) is 4.64. The van der Waals surface area contributed by atoms with E-state index in [2.05, 4.69) is 25.8 Å². The summed E-state index contributed by atoms with van der Waals surface area (Å²) in [5.41, 5.74) is 0.469. The molecule has 0 aliphatic rings. The smallest absolute Gasteiger partial charge is 0.327 e. The Labute approximate surface area is 111 Å². The van der Waals surface area contributed by atoms with Crippen molar-refractivity contribution >= 4 is 29.3 Å². The van der Waals surface area contributed by atoms with Crippen molar-refractivity contribution in [2.45, 2.75) is 18.0 Å². The highest BCUT2D eigenvalue weighted by molar-refractivity contribution is 7.99. The number of carbonyl (C=O) groups excluding carboxylic acids is 1. The Balaban J connectivity index is 2.10. The molecule has 1 atom stereocenters. The van der Waals surface area contributed by atoms with Crippen molar-refractivity contribution in [3.63, 3.8) is 0 Å². The first-order valence-corrected chi connectivity index (χ1v) is 6.21. The highest BCUT2D eigenvalue weighted by Gasteiger charge is 2.19. The summed E-state index contributed by atoms with van der Waals surface area (Å²) in [6.07, 6.45) is 3.02. The molecule has 2 aromatic rings. The number of tetrazole rings is 1. The Hall–Kier alpha value is -2.23. The highest BCUT2D eigenvalue weighted by atomic mass is 32.2. The SMILES string of the molecule is CC(=O)NC(CSc1cncc2nnnn12)C(=O)O. The fraction of sp³-hybridized carbons (Fsp3) is 0.333. The lowest BCUT2D eigenvalue weighted by molar-refractivity contribution is -0.140. The molecule has 2 N–H and O–H groups in total. The Bertz CT molecular complexity index is 615. The van der Waals surface area contributed by atoms with Crippen molar-refractivity contribution < 1.29 is 14.7 Å². The molecule has 2 aromatic heterocycles. The van der Waals surface area contributed by atoms with Crippen LogP contribution in [0.15, 0.2) is 17.4 Å². The van der Waals surface area contributed by atoms with Crippen LogP contribution in [0, 0.1) is 0 Å². The van der Waals surface area contributed by atoms with E-state index in [4.69, 9.17) is 5.11 Å². The summed E-state index contributed by atoms with van der Waals surface area (Å²) in [5.74, 6) is -1.35. The Kier molecular flexibility index (Phi) is 3.90. The summed E-state index contributed by atoms with van der Waals surface area (Å²) in [4.78, 5) is 25.8. The molecule has 9 nitrogen and oxygen atoms in total. The van der Waals surface area contributed by atoms with Crippen molar-refractivity contribution in [3.8, 4) is 0 Å². The molecule has 0 saturated carbocycles. The molecule has 19 heavy (non-hydrogen) atoms. The molecule has 2 heterocycles. The number of amides is 1. The number of nitrogens with zero attached hydrogens (tertiary/aromatic N) is 5. The molecule has 10 heteroatoms. The normalized spacial score (nSPS) is 12.3. The van der Waals surface area contributed by atoms with Gasteiger partial charge in [-0.2, -0.15) is 4.52 Å². The van der Waals surface area contributed by atoms with Gasteiger partial charge < -0.3 is 10.4 Å². The molecule has 2 rings (SSSR count). The van der Waals surface area contributed by atoms with Gasteiger partial charge in [0.2, 0.25) is 5.91 Å². The van der Waals surface area contributed by atoms with Crippen LogP contribution < -0.4 is 5.32 Å². The molecule has 0 aromatic carbocycles. The average molecular weight is 282 g/mol. The molecule has 1 amide bonds. The van der Waals surface area contributed by atoms with E-state index < -0.39 is 17.9 Å². The van der Waals surface area contributed by atoms with Gasteiger partial charge in [-0.05, 0) is 10.4 Å². The first-order valence-electron chi connectivity index (χ1n) is 5.22. The summed E-state index contributed by atoms with van der Waals surface area (Å²) >= 11 is 1.20. The zero-order valence-corrected chi connectivity index (χ0v) is 10.7. The number of thioether (sulfide) groups is 1. The number of nitrogens with one attached hydrogen (secondary N) is 1. The number of rotatable bonds is 5. The first-order chi connectivity index (χ1) is 9.08. The van der Waals surface area contributed by atoms with Crippen LogP contribution in [0.5, 0.6) is 0 Å². The van der Waals surface area contributed by atoms with Crippen LogP contribution in [-0.2, 0) is 9.59 Å². The van der Waals surface area contributed by atoms with E-state index >= 15 is 0 Å². The number of carboxylic acid groups (broad SMARTS) is 1. The van der Waals surface area contributed by atoms with Crippen molar-refractivity contribution in [1.82, 2.24) is 30.3 Å². The summed E-state index contributed by atoms with van der Waals surface area (Å²) in [6.45, 7) is 1.27. The van der Waals surface area contributed by atoms with Crippen LogP contribution in [0.3, 0.4) is 0 Å². The number of fused-ring (bicyclic) bond motifs is 1. The number of aliphatic carboxylic acids is 1. The van der Waals surface area contributed by atoms with Crippen LogP contribution >= 0.6 is 11.8 Å². The van der Waals surface area contributed by atoms with E-state index in [1.165, 1.54) is 35.6 Å². The zero-order chi connectivity index (χ0) is 13.8. The Morgan fingerprint density at radius 2 is 2.32 bits per heavy atom. The monoisotopic (exact) mass is 282 g/mol. The minimum atomic E-state index is -1.10. The summed E-state index contributed by atoms with van der Waals surface area (Å²) in [7, 11) is 0. The minimum Gasteiger partial charge on any atom is -0.480 e. The molecular weight excluding hydrogens is 272 g/mol. The van der Waals surface area contributed by atoms with Crippen molar-refractivity contribution in [2.24, 2.45) is 0 Å². The number of hydrogen-bond acceptors (Lipinski definition) is 7. The van der Waals surface area contributed by atoms with E-state index in [0.29, 0.717) is 10.7 Å². The van der Waals surface area contributed by atoms with E-state index in [1.54, 1.807) is 0 Å². The second kappa shape index (κ2) is 5.61. The molecule has 0 radical (unpaired) electrons. The van der Waals surface area contributed by atoms with Gasteiger partial charge in [-0.25, -0.2) is 4.79 Å². The van der Waals surface area contributed by atoms with Crippen LogP contribution in [-0.4, -0.2) is 53.8 Å². The minimum absolute atomic E-state index is 0.148. The molecular formula is C9H10N6O3S. The van der Waals surface area contributed by atoms with Gasteiger partial charge in [0, 0.05) is 12.7 Å². The standard InChI is InChI=1S/C9H10N6O3S/c1-5(16)11-6(9(17)18)4-19-8-3-10-2-7-12-13-14-15(7)8/h2-3,6H,4H2,1H3,(H,11,16)(H,17,18). The molecule has 1 unspecified atom stereocenters. The van der Waals surface area contributed by atoms with E-state index in [0.717, 1.165) is 0 Å². The van der Waals surface area contributed by atoms with Crippen molar-refractivity contribution in [1.29, 1.82) is 0 Å². The fourth-order valence-electron chi connectivity index (χ4n) is 1.34. The highest BCUT2D eigenvalue weighted by Crippen LogP contribution is 2.17. The molecule has 0 aliphatic carbocycles. The number of aromatic nitrogens is 5. The van der Waals surface area contributed by atoms with Crippen molar-refractivity contribution in [2.75, 3.05) is 5.75 Å². The van der Waals surface area contributed by atoms with Gasteiger partial charge in [-0.3, -0.25) is 9.78 Å². The van der Waals surface area contributed by atoms with Crippen molar-refractivity contribution in [3.05, 3.63) is 12.4 Å².